The second-order valence-corrected chi connectivity index (χ2v) is 2.23. The lowest BCUT2D eigenvalue weighted by Crippen LogP contribution is -2.42. The first-order valence-corrected chi connectivity index (χ1v) is 5.30. The topological polar surface area (TPSA) is 41.1 Å². The second-order valence-electron chi connectivity index (χ2n) is 2.23. The number of hydrogen-bond acceptors (Lipinski definition) is 1. The van der Waals surface area contributed by atoms with Crippen LogP contribution in [0.5, 0.6) is 0 Å². The van der Waals surface area contributed by atoms with Crippen molar-refractivity contribution in [3.05, 3.63) is 36.6 Å². The molecule has 0 atom stereocenters. The summed E-state index contributed by atoms with van der Waals surface area (Å²) in [5.74, 6) is 0. The number of rotatable bonds is 1. The first-order chi connectivity index (χ1) is 7.24. The van der Waals surface area contributed by atoms with Crippen LogP contribution in [0.3, 0.4) is 0 Å². The zero-order valence-corrected chi connectivity index (χ0v) is 10.2. The van der Waals surface area contributed by atoms with E-state index in [0.717, 1.165) is 11.3 Å². The van der Waals surface area contributed by atoms with Crippen LogP contribution in [0.4, 0.5) is 4.79 Å². The largest absolute Gasteiger partial charge is 0.334 e. The van der Waals surface area contributed by atoms with Crippen molar-refractivity contribution in [3.63, 3.8) is 0 Å². The summed E-state index contributed by atoms with van der Waals surface area (Å²) in [5.41, 5.74) is 1.60. The number of nitrogens with one attached hydrogen (secondary N) is 2. The molecule has 3 heteroatoms. The molecule has 0 aromatic rings. The molecule has 1 rings (SSSR count). The number of allylic oxidation sites excluding steroid dienone is 2. The fraction of sp³-hybridized carbons (Fsp3) is 0.417. The third-order valence-electron chi connectivity index (χ3n) is 1.38. The average molecular weight is 210 g/mol. The maximum absolute atomic E-state index is 10.8. The van der Waals surface area contributed by atoms with Gasteiger partial charge in [-0.05, 0) is 11.6 Å². The Bertz CT molecular complexity index is 242. The van der Waals surface area contributed by atoms with Crippen LogP contribution in [-0.4, -0.2) is 12.6 Å². The summed E-state index contributed by atoms with van der Waals surface area (Å²) in [6, 6.07) is -0.189. The third kappa shape index (κ3) is 6.55. The van der Waals surface area contributed by atoms with E-state index in [-0.39, 0.29) is 6.03 Å². The maximum atomic E-state index is 10.8. The molecule has 1 heterocycles. The third-order valence-corrected chi connectivity index (χ3v) is 1.38. The molecule has 0 unspecified atom stereocenters. The smallest absolute Gasteiger partial charge is 0.319 e. The Morgan fingerprint density at radius 3 is 2.27 bits per heavy atom. The SMILES string of the molecule is C=C/C=C1/NC(=O)NCC1=C.CC.CC. The molecule has 1 aliphatic heterocycles. The molecule has 0 spiro atoms. The summed E-state index contributed by atoms with van der Waals surface area (Å²) in [4.78, 5) is 10.8. The van der Waals surface area contributed by atoms with Gasteiger partial charge >= 0.3 is 6.03 Å². The van der Waals surface area contributed by atoms with Gasteiger partial charge in [0.05, 0.1) is 0 Å². The van der Waals surface area contributed by atoms with Gasteiger partial charge < -0.3 is 10.6 Å². The number of carbonyl (C=O) groups excluding carboxylic acids is 1. The van der Waals surface area contributed by atoms with Gasteiger partial charge in [-0.3, -0.25) is 0 Å². The fourth-order valence-electron chi connectivity index (χ4n) is 0.814. The highest BCUT2D eigenvalue weighted by atomic mass is 16.2. The molecule has 2 N–H and O–H groups in total. The highest BCUT2D eigenvalue weighted by Gasteiger charge is 2.12. The summed E-state index contributed by atoms with van der Waals surface area (Å²) in [5, 5.41) is 5.20. The predicted octanol–water partition coefficient (Wildman–Crippen LogP) is 2.98. The summed E-state index contributed by atoms with van der Waals surface area (Å²) < 4.78 is 0. The Kier molecular flexibility index (Phi) is 11.2. The van der Waals surface area contributed by atoms with Crippen LogP contribution in [0, 0.1) is 0 Å². The molecule has 0 aromatic heterocycles. The Morgan fingerprint density at radius 1 is 1.27 bits per heavy atom. The highest BCUT2D eigenvalue weighted by Crippen LogP contribution is 2.06. The van der Waals surface area contributed by atoms with Crippen molar-refractivity contribution in [1.29, 1.82) is 0 Å². The van der Waals surface area contributed by atoms with E-state index < -0.39 is 0 Å². The Labute approximate surface area is 93.0 Å². The second kappa shape index (κ2) is 10.6. The molecule has 0 radical (unpaired) electrons. The van der Waals surface area contributed by atoms with Gasteiger partial charge in [0.25, 0.3) is 0 Å². The highest BCUT2D eigenvalue weighted by molar-refractivity contribution is 5.79. The average Bonchev–Trinajstić information content (AvgIpc) is 2.29. The predicted molar refractivity (Wildman–Crippen MR) is 66.7 cm³/mol. The number of urea groups is 1. The zero-order valence-electron chi connectivity index (χ0n) is 10.2. The number of amides is 2. The van der Waals surface area contributed by atoms with E-state index in [2.05, 4.69) is 23.8 Å². The summed E-state index contributed by atoms with van der Waals surface area (Å²) >= 11 is 0. The van der Waals surface area contributed by atoms with E-state index in [1.165, 1.54) is 0 Å². The van der Waals surface area contributed by atoms with Crippen LogP contribution in [-0.2, 0) is 0 Å². The van der Waals surface area contributed by atoms with Crippen molar-refractivity contribution < 1.29 is 4.79 Å². The summed E-state index contributed by atoms with van der Waals surface area (Å²) in [6.07, 6.45) is 3.34. The Balaban J connectivity index is 0. The molecule has 15 heavy (non-hydrogen) atoms. The minimum absolute atomic E-state index is 0.189. The zero-order chi connectivity index (χ0) is 12.3. The lowest BCUT2D eigenvalue weighted by molar-refractivity contribution is 0.242. The maximum Gasteiger partial charge on any atom is 0.319 e. The van der Waals surface area contributed by atoms with Crippen molar-refractivity contribution in [1.82, 2.24) is 10.6 Å². The first-order valence-electron chi connectivity index (χ1n) is 5.30. The molecule has 3 nitrogen and oxygen atoms in total. The molecule has 1 saturated heterocycles. The molecule has 0 bridgehead atoms. The normalized spacial score (nSPS) is 16.1. The van der Waals surface area contributed by atoms with E-state index in [9.17, 15) is 4.79 Å². The lowest BCUT2D eigenvalue weighted by atomic mass is 10.2. The molecule has 0 aromatic carbocycles. The fourth-order valence-corrected chi connectivity index (χ4v) is 0.814. The summed E-state index contributed by atoms with van der Waals surface area (Å²) in [6.45, 7) is 15.8. The van der Waals surface area contributed by atoms with E-state index in [4.69, 9.17) is 0 Å². The van der Waals surface area contributed by atoms with Gasteiger partial charge in [-0.25, -0.2) is 4.79 Å². The van der Waals surface area contributed by atoms with Crippen molar-refractivity contribution in [3.8, 4) is 0 Å². The van der Waals surface area contributed by atoms with Crippen LogP contribution in [0.1, 0.15) is 27.7 Å². The van der Waals surface area contributed by atoms with Gasteiger partial charge in [0.15, 0.2) is 0 Å². The molecule has 0 saturated carbocycles. The van der Waals surface area contributed by atoms with Crippen LogP contribution < -0.4 is 10.6 Å². The van der Waals surface area contributed by atoms with Crippen molar-refractivity contribution in [2.45, 2.75) is 27.7 Å². The van der Waals surface area contributed by atoms with Crippen molar-refractivity contribution in [2.75, 3.05) is 6.54 Å². The number of hydrogen-bond donors (Lipinski definition) is 2. The van der Waals surface area contributed by atoms with Gasteiger partial charge in [0.1, 0.15) is 0 Å². The van der Waals surface area contributed by atoms with Crippen LogP contribution in [0.25, 0.3) is 0 Å². The number of carbonyl (C=O) groups is 1. The standard InChI is InChI=1S/C8H10N2O.2C2H6/c1-3-4-7-6(2)5-9-8(11)10-7;2*1-2/h3-4H,1-2,5H2,(H2,9,10,11);2*1-2H3/b7-4+;;. The Morgan fingerprint density at radius 2 is 1.80 bits per heavy atom. The van der Waals surface area contributed by atoms with Gasteiger partial charge in [0, 0.05) is 12.2 Å². The Hall–Kier alpha value is -1.51. The van der Waals surface area contributed by atoms with E-state index in [1.54, 1.807) is 12.2 Å². The quantitative estimate of drug-likeness (QED) is 0.686. The van der Waals surface area contributed by atoms with Gasteiger partial charge in [0.2, 0.25) is 0 Å². The molecule has 2 amide bonds. The van der Waals surface area contributed by atoms with E-state index >= 15 is 0 Å². The first kappa shape index (κ1) is 15.9. The molecule has 86 valence electrons. The minimum Gasteiger partial charge on any atom is -0.334 e. The van der Waals surface area contributed by atoms with Crippen LogP contribution in [0.15, 0.2) is 36.6 Å². The van der Waals surface area contributed by atoms with E-state index in [0.29, 0.717) is 6.54 Å². The summed E-state index contributed by atoms with van der Waals surface area (Å²) in [7, 11) is 0. The van der Waals surface area contributed by atoms with Crippen molar-refractivity contribution >= 4 is 6.03 Å². The van der Waals surface area contributed by atoms with E-state index in [1.807, 2.05) is 27.7 Å². The van der Waals surface area contributed by atoms with Crippen LogP contribution in [0.2, 0.25) is 0 Å². The minimum atomic E-state index is -0.189. The molecular weight excluding hydrogens is 188 g/mol. The molecule has 1 aliphatic rings. The van der Waals surface area contributed by atoms with Crippen molar-refractivity contribution in [2.24, 2.45) is 0 Å². The van der Waals surface area contributed by atoms with Gasteiger partial charge in [-0.15, -0.1) is 0 Å². The molecule has 1 fully saturated rings. The van der Waals surface area contributed by atoms with Gasteiger partial charge in [-0.1, -0.05) is 46.9 Å². The lowest BCUT2D eigenvalue weighted by Gasteiger charge is -2.18. The molecule has 0 aliphatic carbocycles. The van der Waals surface area contributed by atoms with Gasteiger partial charge in [-0.2, -0.15) is 0 Å². The molecular formula is C12H22N2O. The van der Waals surface area contributed by atoms with Crippen LogP contribution >= 0.6 is 0 Å². The monoisotopic (exact) mass is 210 g/mol.